The van der Waals surface area contributed by atoms with Crippen LogP contribution in [0.1, 0.15) is 129 Å². The molecule has 3 N–H and O–H groups in total. The van der Waals surface area contributed by atoms with Crippen molar-refractivity contribution in [2.45, 2.75) is 117 Å². The number of aromatic carboxylic acids is 1. The Labute approximate surface area is 395 Å². The molecule has 0 unspecified atom stereocenters. The number of esters is 1. The predicted molar refractivity (Wildman–Crippen MR) is 270 cm³/mol. The highest BCUT2D eigenvalue weighted by Gasteiger charge is 2.40. The lowest BCUT2D eigenvalue weighted by molar-refractivity contribution is 0.00692. The summed E-state index contributed by atoms with van der Waals surface area (Å²) in [6.45, 7) is 18.9. The molecule has 4 aliphatic rings. The summed E-state index contributed by atoms with van der Waals surface area (Å²) in [7, 11) is 0. The van der Waals surface area contributed by atoms with E-state index in [9.17, 15) is 9.59 Å². The second-order valence-corrected chi connectivity index (χ2v) is 20.3. The maximum absolute atomic E-state index is 12.2. The van der Waals surface area contributed by atoms with Crippen LogP contribution in [0.5, 0.6) is 0 Å². The minimum absolute atomic E-state index is 0.253. The lowest BCUT2D eigenvalue weighted by Crippen LogP contribution is -2.37. The van der Waals surface area contributed by atoms with Crippen LogP contribution in [-0.4, -0.2) is 83.8 Å². The number of carboxylic acids is 1. The van der Waals surface area contributed by atoms with Crippen LogP contribution in [0.15, 0.2) is 120 Å². The van der Waals surface area contributed by atoms with Gasteiger partial charge in [-0.2, -0.15) is 0 Å². The normalized spacial score (nSPS) is 22.0. The predicted octanol–water partition coefficient (Wildman–Crippen LogP) is 11.4. The molecule has 2 aliphatic carbocycles. The Morgan fingerprint density at radius 2 is 1.00 bits per heavy atom. The highest BCUT2D eigenvalue weighted by atomic mass is 16.6. The molecule has 0 spiro atoms. The van der Waals surface area contributed by atoms with E-state index in [4.69, 9.17) is 9.84 Å². The van der Waals surface area contributed by atoms with Crippen molar-refractivity contribution in [2.24, 2.45) is 23.7 Å². The zero-order valence-electron chi connectivity index (χ0n) is 40.4. The number of ether oxygens (including phenoxy) is 1. The molecule has 0 bridgehead atoms. The summed E-state index contributed by atoms with van der Waals surface area (Å²) in [4.78, 5) is 28.2. The van der Waals surface area contributed by atoms with E-state index >= 15 is 0 Å². The number of nitrogens with one attached hydrogen (secondary N) is 2. The number of benzene rings is 4. The average Bonchev–Trinajstić information content (AvgIpc) is 4.27. The van der Waals surface area contributed by atoms with Gasteiger partial charge in [-0.05, 0) is 182 Å². The topological polar surface area (TPSA) is 94.1 Å². The molecule has 66 heavy (non-hydrogen) atoms. The zero-order valence-corrected chi connectivity index (χ0v) is 40.4. The van der Waals surface area contributed by atoms with E-state index in [2.05, 4.69) is 119 Å². The van der Waals surface area contributed by atoms with Gasteiger partial charge in [0.05, 0.1) is 11.1 Å². The van der Waals surface area contributed by atoms with E-state index in [-0.39, 0.29) is 5.97 Å². The summed E-state index contributed by atoms with van der Waals surface area (Å²) >= 11 is 0. The van der Waals surface area contributed by atoms with E-state index in [1.165, 1.54) is 60.8 Å². The van der Waals surface area contributed by atoms with E-state index in [1.54, 1.807) is 23.3 Å². The number of carbonyl (C=O) groups is 2. The third kappa shape index (κ3) is 15.3. The Bertz CT molecular complexity index is 2180. The Kier molecular flexibility index (Phi) is 17.6. The van der Waals surface area contributed by atoms with Crippen molar-refractivity contribution in [3.63, 3.8) is 0 Å². The summed E-state index contributed by atoms with van der Waals surface area (Å²) in [5.41, 5.74) is 8.76. The van der Waals surface area contributed by atoms with Gasteiger partial charge in [-0.3, -0.25) is 9.80 Å². The summed E-state index contributed by atoms with van der Waals surface area (Å²) in [5, 5.41) is 16.7. The van der Waals surface area contributed by atoms with Gasteiger partial charge < -0.3 is 20.5 Å². The lowest BCUT2D eigenvalue weighted by Gasteiger charge is -2.32. The highest BCUT2D eigenvalue weighted by Crippen LogP contribution is 2.41. The van der Waals surface area contributed by atoms with Crippen molar-refractivity contribution in [3.05, 3.63) is 154 Å². The molecule has 8 nitrogen and oxygen atoms in total. The van der Waals surface area contributed by atoms with Crippen LogP contribution in [0, 0.1) is 23.7 Å². The average molecular weight is 893 g/mol. The molecule has 352 valence electrons. The van der Waals surface area contributed by atoms with Crippen molar-refractivity contribution in [1.29, 1.82) is 0 Å². The van der Waals surface area contributed by atoms with Gasteiger partial charge in [0.1, 0.15) is 5.60 Å². The van der Waals surface area contributed by atoms with Crippen molar-refractivity contribution < 1.29 is 19.4 Å². The van der Waals surface area contributed by atoms with Gasteiger partial charge in [0.25, 0.3) is 0 Å². The molecule has 2 saturated heterocycles. The molecular weight excluding hydrogens is 817 g/mol. The molecule has 8 heteroatoms. The minimum Gasteiger partial charge on any atom is -0.478 e. The molecule has 0 amide bonds. The number of hydrogen-bond acceptors (Lipinski definition) is 7. The molecule has 2 saturated carbocycles. The van der Waals surface area contributed by atoms with Crippen molar-refractivity contribution >= 4 is 24.1 Å². The molecular formula is C58H76N4O4. The SMILES string of the molecule is CC/C(=C\c1ccccc1)[C@@H]1C[C@H]1NCC1CCN(Cc2ccc(C(=O)O)cc2)CC1.CC/C(=C\c1ccccc1)[C@@H]1C[C@H]1NCC1CCN(Cc2ccc(C(=O)OC(C)(C)C)cc2)CC1. The van der Waals surface area contributed by atoms with Crippen molar-refractivity contribution in [1.82, 2.24) is 20.4 Å². The summed E-state index contributed by atoms with van der Waals surface area (Å²) in [6, 6.07) is 37.9. The second-order valence-electron chi connectivity index (χ2n) is 20.3. The molecule has 4 fully saturated rings. The first kappa shape index (κ1) is 49.1. The van der Waals surface area contributed by atoms with E-state index in [0.717, 1.165) is 77.0 Å². The molecule has 2 heterocycles. The second kappa shape index (κ2) is 23.7. The first-order valence-electron chi connectivity index (χ1n) is 25.0. The number of rotatable bonds is 18. The molecule has 4 aromatic rings. The number of likely N-dealkylation sites (tertiary alicyclic amines) is 2. The lowest BCUT2D eigenvalue weighted by atomic mass is 9.96. The Hall–Kier alpha value is -4.86. The first-order chi connectivity index (χ1) is 31.9. The molecule has 4 atom stereocenters. The quantitative estimate of drug-likeness (QED) is 0.0851. The number of hydrogen-bond donors (Lipinski definition) is 3. The van der Waals surface area contributed by atoms with Crippen molar-refractivity contribution in [2.75, 3.05) is 39.3 Å². The third-order valence-corrected chi connectivity index (χ3v) is 14.0. The number of nitrogens with zero attached hydrogens (tertiary/aromatic N) is 2. The summed E-state index contributed by atoms with van der Waals surface area (Å²) in [5.74, 6) is 1.83. The largest absolute Gasteiger partial charge is 0.478 e. The zero-order chi connectivity index (χ0) is 46.5. The fourth-order valence-electron chi connectivity index (χ4n) is 9.82. The van der Waals surface area contributed by atoms with E-state index < -0.39 is 11.6 Å². The maximum atomic E-state index is 12.2. The van der Waals surface area contributed by atoms with E-state index in [0.29, 0.717) is 35.0 Å². The monoisotopic (exact) mass is 893 g/mol. The Balaban J connectivity index is 0.000000198. The Morgan fingerprint density at radius 1 is 0.606 bits per heavy atom. The van der Waals surface area contributed by atoms with Crippen LogP contribution in [0.25, 0.3) is 12.2 Å². The smallest absolute Gasteiger partial charge is 0.338 e. The van der Waals surface area contributed by atoms with Gasteiger partial charge in [0.2, 0.25) is 0 Å². The fourth-order valence-corrected chi connectivity index (χ4v) is 9.82. The molecule has 0 radical (unpaired) electrons. The molecule has 2 aliphatic heterocycles. The van der Waals surface area contributed by atoms with Crippen molar-refractivity contribution in [3.8, 4) is 0 Å². The highest BCUT2D eigenvalue weighted by molar-refractivity contribution is 5.89. The van der Waals surface area contributed by atoms with E-state index in [1.807, 2.05) is 45.0 Å². The van der Waals surface area contributed by atoms with Gasteiger partial charge in [-0.25, -0.2) is 9.59 Å². The van der Waals surface area contributed by atoms with Gasteiger partial charge in [-0.1, -0.05) is 122 Å². The molecule has 4 aromatic carbocycles. The maximum Gasteiger partial charge on any atom is 0.338 e. The summed E-state index contributed by atoms with van der Waals surface area (Å²) in [6.07, 6.45) is 14.6. The fraction of sp³-hybridized carbons (Fsp3) is 0.483. The van der Waals surface area contributed by atoms with Crippen LogP contribution < -0.4 is 10.6 Å². The van der Waals surface area contributed by atoms with Crippen LogP contribution in [0.2, 0.25) is 0 Å². The molecule has 0 aromatic heterocycles. The van der Waals surface area contributed by atoms with Gasteiger partial charge in [0.15, 0.2) is 0 Å². The van der Waals surface area contributed by atoms with Gasteiger partial charge in [0, 0.05) is 25.2 Å². The van der Waals surface area contributed by atoms with Gasteiger partial charge in [-0.15, -0.1) is 0 Å². The van der Waals surface area contributed by atoms with Crippen LogP contribution in [0.4, 0.5) is 0 Å². The van der Waals surface area contributed by atoms with Crippen LogP contribution >= 0.6 is 0 Å². The number of piperidine rings is 2. The molecule has 8 rings (SSSR count). The minimum atomic E-state index is -0.862. The van der Waals surface area contributed by atoms with Gasteiger partial charge >= 0.3 is 11.9 Å². The Morgan fingerprint density at radius 3 is 1.36 bits per heavy atom. The standard InChI is InChI=1S/C31H42N2O2.C27H34N2O2/c1-5-26(19-23-9-7-6-8-10-23)28-20-29(28)32-21-24-15-17-33(18-16-24)22-25-11-13-27(14-12-25)30(34)35-31(2,3)4;1-2-23(16-20-6-4-3-5-7-20)25-17-26(25)28-18-21-12-14-29(15-13-21)19-22-8-10-24(11-9-22)27(30)31/h6-14,19,24,28-29,32H,5,15-18,20-22H2,1-4H3;3-11,16,21,25-26,28H,2,12-15,17-19H2,1H3,(H,30,31)/b26-19+;23-16+/t28-,29+;25-,26+/m00/s1. The number of carbonyl (C=O) groups excluding carboxylic acids is 1. The third-order valence-electron chi connectivity index (χ3n) is 14.0. The number of carboxylic acid groups (broad SMARTS) is 1. The van der Waals surface area contributed by atoms with Crippen LogP contribution in [0.3, 0.4) is 0 Å². The first-order valence-corrected chi connectivity index (χ1v) is 25.0. The summed E-state index contributed by atoms with van der Waals surface area (Å²) < 4.78 is 5.46. The van der Waals surface area contributed by atoms with Crippen LogP contribution in [-0.2, 0) is 17.8 Å².